The maximum absolute atomic E-state index is 12.3. The molecule has 5 heteroatoms. The van der Waals surface area contributed by atoms with Crippen molar-refractivity contribution < 1.29 is 9.90 Å². The molecule has 0 aliphatic rings. The Morgan fingerprint density at radius 3 is 2.73 bits per heavy atom. The van der Waals surface area contributed by atoms with Crippen LogP contribution in [0.1, 0.15) is 15.2 Å². The maximum atomic E-state index is 12.3. The minimum Gasteiger partial charge on any atom is -0.392 e. The van der Waals surface area contributed by atoms with Gasteiger partial charge >= 0.3 is 0 Å². The van der Waals surface area contributed by atoms with Gasteiger partial charge in [-0.05, 0) is 17.7 Å². The standard InChI is InChI=1S/C17H14N2O2S/c20-11-12-5-4-8-14(9-12)19-16(21)15-10-18-17(22-15)13-6-2-1-3-7-13/h1-10,20H,11H2,(H,19,21). The van der Waals surface area contributed by atoms with Crippen LogP contribution in [0.2, 0.25) is 0 Å². The Bertz CT molecular complexity index is 784. The van der Waals surface area contributed by atoms with E-state index in [4.69, 9.17) is 5.11 Å². The third kappa shape index (κ3) is 3.21. The van der Waals surface area contributed by atoms with Gasteiger partial charge in [-0.25, -0.2) is 4.98 Å². The topological polar surface area (TPSA) is 62.2 Å². The number of aliphatic hydroxyl groups is 1. The quantitative estimate of drug-likeness (QED) is 0.774. The number of benzene rings is 2. The Labute approximate surface area is 132 Å². The predicted octanol–water partition coefficient (Wildman–Crippen LogP) is 3.55. The fourth-order valence-corrected chi connectivity index (χ4v) is 2.85. The van der Waals surface area contributed by atoms with Crippen LogP contribution < -0.4 is 5.32 Å². The number of carbonyl (C=O) groups excluding carboxylic acids is 1. The molecule has 0 aliphatic carbocycles. The molecule has 0 aliphatic heterocycles. The highest BCUT2D eigenvalue weighted by Gasteiger charge is 2.12. The number of hydrogen-bond acceptors (Lipinski definition) is 4. The summed E-state index contributed by atoms with van der Waals surface area (Å²) in [5.74, 6) is -0.199. The van der Waals surface area contributed by atoms with Crippen molar-refractivity contribution in [1.82, 2.24) is 4.98 Å². The fraction of sp³-hybridized carbons (Fsp3) is 0.0588. The molecule has 0 atom stereocenters. The minimum atomic E-state index is -0.199. The predicted molar refractivity (Wildman–Crippen MR) is 87.9 cm³/mol. The molecule has 2 N–H and O–H groups in total. The first-order valence-corrected chi connectivity index (χ1v) is 7.60. The lowest BCUT2D eigenvalue weighted by Gasteiger charge is -2.04. The van der Waals surface area contributed by atoms with E-state index in [0.717, 1.165) is 16.1 Å². The van der Waals surface area contributed by atoms with Crippen LogP contribution in [0.4, 0.5) is 5.69 Å². The Morgan fingerprint density at radius 2 is 1.95 bits per heavy atom. The van der Waals surface area contributed by atoms with E-state index in [9.17, 15) is 4.79 Å². The number of carbonyl (C=O) groups is 1. The molecule has 4 nitrogen and oxygen atoms in total. The average Bonchev–Trinajstić information content (AvgIpc) is 3.06. The zero-order valence-electron chi connectivity index (χ0n) is 11.7. The van der Waals surface area contributed by atoms with Crippen LogP contribution in [0.5, 0.6) is 0 Å². The van der Waals surface area contributed by atoms with Crippen LogP contribution >= 0.6 is 11.3 Å². The first kappa shape index (κ1) is 14.4. The summed E-state index contributed by atoms with van der Waals surface area (Å²) in [7, 11) is 0. The summed E-state index contributed by atoms with van der Waals surface area (Å²) in [6, 6.07) is 16.9. The summed E-state index contributed by atoms with van der Waals surface area (Å²) >= 11 is 1.35. The van der Waals surface area contributed by atoms with E-state index in [-0.39, 0.29) is 12.5 Å². The van der Waals surface area contributed by atoms with Crippen molar-refractivity contribution in [1.29, 1.82) is 0 Å². The van der Waals surface area contributed by atoms with Crippen LogP contribution in [0, 0.1) is 0 Å². The van der Waals surface area contributed by atoms with Crippen LogP contribution in [-0.2, 0) is 6.61 Å². The van der Waals surface area contributed by atoms with E-state index in [0.29, 0.717) is 10.6 Å². The molecular formula is C17H14N2O2S. The van der Waals surface area contributed by atoms with Gasteiger partial charge in [0.2, 0.25) is 0 Å². The molecule has 3 rings (SSSR count). The third-order valence-electron chi connectivity index (χ3n) is 3.12. The Morgan fingerprint density at radius 1 is 1.14 bits per heavy atom. The Kier molecular flexibility index (Phi) is 4.27. The summed E-state index contributed by atoms with van der Waals surface area (Å²) in [6.07, 6.45) is 1.58. The number of aliphatic hydroxyl groups excluding tert-OH is 1. The number of thiazole rings is 1. The minimum absolute atomic E-state index is 0.0532. The molecule has 0 saturated carbocycles. The van der Waals surface area contributed by atoms with Crippen molar-refractivity contribution in [3.05, 3.63) is 71.2 Å². The molecule has 0 bridgehead atoms. The van der Waals surface area contributed by atoms with Gasteiger partial charge in [-0.3, -0.25) is 4.79 Å². The van der Waals surface area contributed by atoms with Gasteiger partial charge in [0.25, 0.3) is 5.91 Å². The van der Waals surface area contributed by atoms with Gasteiger partial charge in [0, 0.05) is 11.3 Å². The molecule has 0 spiro atoms. The maximum Gasteiger partial charge on any atom is 0.267 e. The van der Waals surface area contributed by atoms with Crippen molar-refractivity contribution in [2.45, 2.75) is 6.61 Å². The number of hydrogen-bond donors (Lipinski definition) is 2. The smallest absolute Gasteiger partial charge is 0.267 e. The van der Waals surface area contributed by atoms with E-state index in [1.807, 2.05) is 30.3 Å². The molecule has 1 heterocycles. The highest BCUT2D eigenvalue weighted by Crippen LogP contribution is 2.25. The SMILES string of the molecule is O=C(Nc1cccc(CO)c1)c1cnc(-c2ccccc2)s1. The van der Waals surface area contributed by atoms with E-state index in [1.54, 1.807) is 30.5 Å². The van der Waals surface area contributed by atoms with Gasteiger partial charge in [-0.1, -0.05) is 42.5 Å². The number of nitrogens with zero attached hydrogens (tertiary/aromatic N) is 1. The highest BCUT2D eigenvalue weighted by molar-refractivity contribution is 7.17. The van der Waals surface area contributed by atoms with Gasteiger partial charge in [-0.2, -0.15) is 0 Å². The lowest BCUT2D eigenvalue weighted by Crippen LogP contribution is -2.10. The first-order valence-electron chi connectivity index (χ1n) is 6.78. The molecular weight excluding hydrogens is 296 g/mol. The van der Waals surface area contributed by atoms with Crippen LogP contribution in [0.3, 0.4) is 0 Å². The van der Waals surface area contributed by atoms with Gasteiger partial charge in [0.05, 0.1) is 12.8 Å². The second kappa shape index (κ2) is 6.51. The van der Waals surface area contributed by atoms with Crippen LogP contribution in [-0.4, -0.2) is 16.0 Å². The third-order valence-corrected chi connectivity index (χ3v) is 4.16. The fourth-order valence-electron chi connectivity index (χ4n) is 2.03. The van der Waals surface area contributed by atoms with E-state index >= 15 is 0 Å². The molecule has 3 aromatic rings. The van der Waals surface area contributed by atoms with Gasteiger partial charge < -0.3 is 10.4 Å². The number of aromatic nitrogens is 1. The first-order chi connectivity index (χ1) is 10.8. The second-order valence-corrected chi connectivity index (χ2v) is 5.74. The Balaban J connectivity index is 1.77. The number of nitrogens with one attached hydrogen (secondary N) is 1. The molecule has 0 radical (unpaired) electrons. The van der Waals surface area contributed by atoms with E-state index in [2.05, 4.69) is 10.3 Å². The van der Waals surface area contributed by atoms with Crippen molar-refractivity contribution in [2.24, 2.45) is 0 Å². The summed E-state index contributed by atoms with van der Waals surface area (Å²) in [4.78, 5) is 17.1. The van der Waals surface area contributed by atoms with E-state index in [1.165, 1.54) is 11.3 Å². The largest absolute Gasteiger partial charge is 0.392 e. The zero-order valence-corrected chi connectivity index (χ0v) is 12.5. The number of rotatable bonds is 4. The van der Waals surface area contributed by atoms with Crippen LogP contribution in [0.25, 0.3) is 10.6 Å². The summed E-state index contributed by atoms with van der Waals surface area (Å²) in [6.45, 7) is -0.0532. The molecule has 1 aromatic heterocycles. The average molecular weight is 310 g/mol. The molecule has 0 fully saturated rings. The summed E-state index contributed by atoms with van der Waals surface area (Å²) in [5.41, 5.74) is 2.41. The zero-order chi connectivity index (χ0) is 15.4. The molecule has 22 heavy (non-hydrogen) atoms. The van der Waals surface area contributed by atoms with Crippen LogP contribution in [0.15, 0.2) is 60.8 Å². The lowest BCUT2D eigenvalue weighted by molar-refractivity contribution is 0.103. The Hall–Kier alpha value is -2.50. The van der Waals surface area contributed by atoms with E-state index < -0.39 is 0 Å². The molecule has 1 amide bonds. The summed E-state index contributed by atoms with van der Waals surface area (Å²) in [5, 5.41) is 12.8. The normalized spacial score (nSPS) is 10.4. The highest BCUT2D eigenvalue weighted by atomic mass is 32.1. The van der Waals surface area contributed by atoms with Crippen molar-refractivity contribution in [3.63, 3.8) is 0 Å². The van der Waals surface area contributed by atoms with Gasteiger partial charge in [-0.15, -0.1) is 11.3 Å². The number of amides is 1. The molecule has 2 aromatic carbocycles. The lowest BCUT2D eigenvalue weighted by atomic mass is 10.2. The van der Waals surface area contributed by atoms with Crippen molar-refractivity contribution in [3.8, 4) is 10.6 Å². The monoisotopic (exact) mass is 310 g/mol. The molecule has 0 unspecified atom stereocenters. The van der Waals surface area contributed by atoms with Gasteiger partial charge in [0.1, 0.15) is 9.88 Å². The van der Waals surface area contributed by atoms with Gasteiger partial charge in [0.15, 0.2) is 0 Å². The summed E-state index contributed by atoms with van der Waals surface area (Å²) < 4.78 is 0. The molecule has 110 valence electrons. The second-order valence-electron chi connectivity index (χ2n) is 4.71. The van der Waals surface area contributed by atoms with Crippen molar-refractivity contribution in [2.75, 3.05) is 5.32 Å². The van der Waals surface area contributed by atoms with Crippen molar-refractivity contribution >= 4 is 22.9 Å². The number of anilines is 1. The molecule has 0 saturated heterocycles.